The molecule has 4 aromatic carbocycles. The van der Waals surface area contributed by atoms with Crippen LogP contribution in [0.25, 0.3) is 0 Å². The monoisotopic (exact) mass is 551 g/mol. The van der Waals surface area contributed by atoms with Gasteiger partial charge in [-0.2, -0.15) is 0 Å². The van der Waals surface area contributed by atoms with E-state index < -0.39 is 0 Å². The minimum Gasteiger partial charge on any atom is -0.507 e. The zero-order chi connectivity index (χ0) is 28.8. The Bertz CT molecular complexity index is 1340. The molecule has 0 amide bonds. The molecule has 0 saturated heterocycles. The van der Waals surface area contributed by atoms with Crippen molar-refractivity contribution in [3.63, 3.8) is 0 Å². The average molecular weight is 552 g/mol. The second-order valence-corrected chi connectivity index (χ2v) is 14.2. The number of nitrogens with zero attached hydrogens (tertiary/aromatic N) is 1. The molecular weight excluding hydrogens is 505 g/mol. The van der Waals surface area contributed by atoms with Gasteiger partial charge in [0.15, 0.2) is 0 Å². The highest BCUT2D eigenvalue weighted by molar-refractivity contribution is 7.48. The van der Waals surface area contributed by atoms with Crippen molar-refractivity contribution < 1.29 is 5.11 Å². The van der Waals surface area contributed by atoms with Crippen LogP contribution in [0, 0.1) is 6.92 Å². The van der Waals surface area contributed by atoms with Crippen LogP contribution in [0.4, 0.5) is 11.4 Å². The quantitative estimate of drug-likeness (QED) is 0.148. The van der Waals surface area contributed by atoms with E-state index in [-0.39, 0.29) is 10.6 Å². The minimum atomic E-state index is -0.161. The Labute approximate surface area is 244 Å². The second-order valence-electron chi connectivity index (χ2n) is 12.3. The molecule has 0 spiro atoms. The number of rotatable bonds is 11. The molecule has 2 unspecified atom stereocenters. The fraction of sp³-hybridized carbons (Fsp3) is 0.351. The minimum absolute atomic E-state index is 0.0183. The summed E-state index contributed by atoms with van der Waals surface area (Å²) >= 11 is 0. The summed E-state index contributed by atoms with van der Waals surface area (Å²) in [5.74, 6) is 0.465. The van der Waals surface area contributed by atoms with E-state index in [1.165, 1.54) is 40.6 Å². The summed E-state index contributed by atoms with van der Waals surface area (Å²) in [7, 11) is 0.537. The zero-order valence-corrected chi connectivity index (χ0v) is 26.2. The summed E-state index contributed by atoms with van der Waals surface area (Å²) in [6.45, 7) is 14.3. The molecular formula is C37H46NOP. The van der Waals surface area contributed by atoms with E-state index in [9.17, 15) is 5.11 Å². The lowest BCUT2D eigenvalue weighted by Crippen LogP contribution is -2.25. The van der Waals surface area contributed by atoms with Crippen LogP contribution in [0.15, 0.2) is 97.1 Å². The summed E-state index contributed by atoms with van der Waals surface area (Å²) in [5, 5.41) is 12.7. The number of aromatic hydroxyl groups is 1. The maximum absolute atomic E-state index is 11.5. The van der Waals surface area contributed by atoms with Gasteiger partial charge in [0.2, 0.25) is 0 Å². The lowest BCUT2D eigenvalue weighted by molar-refractivity contribution is 0.444. The Morgan fingerprint density at radius 1 is 0.750 bits per heavy atom. The van der Waals surface area contributed by atoms with Gasteiger partial charge in [0.1, 0.15) is 5.75 Å². The summed E-state index contributed by atoms with van der Waals surface area (Å²) in [6, 6.07) is 34.7. The largest absolute Gasteiger partial charge is 0.507 e. The molecule has 0 saturated carbocycles. The molecule has 210 valence electrons. The molecule has 1 N–H and O–H groups in total. The predicted molar refractivity (Wildman–Crippen MR) is 176 cm³/mol. The van der Waals surface area contributed by atoms with E-state index in [1.807, 2.05) is 0 Å². The van der Waals surface area contributed by atoms with Crippen molar-refractivity contribution in [1.29, 1.82) is 0 Å². The van der Waals surface area contributed by atoms with Crippen LogP contribution in [-0.4, -0.2) is 5.11 Å². The molecule has 2 atom stereocenters. The number of benzene rings is 4. The van der Waals surface area contributed by atoms with E-state index in [0.29, 0.717) is 14.3 Å². The van der Waals surface area contributed by atoms with Crippen LogP contribution in [0.5, 0.6) is 5.75 Å². The van der Waals surface area contributed by atoms with Gasteiger partial charge >= 0.3 is 0 Å². The van der Waals surface area contributed by atoms with Crippen LogP contribution in [0.1, 0.15) is 82.6 Å². The number of unbranched alkanes of at least 4 members (excludes halogenated alkanes) is 2. The molecule has 0 bridgehead atoms. The molecule has 0 aliphatic rings. The molecule has 0 aliphatic heterocycles. The normalized spacial score (nSPS) is 13.4. The lowest BCUT2D eigenvalue weighted by Gasteiger charge is -2.35. The Balaban J connectivity index is 1.77. The van der Waals surface area contributed by atoms with Crippen molar-refractivity contribution >= 4 is 25.3 Å². The molecule has 2 nitrogen and oxygen atoms in total. The first kappa shape index (κ1) is 29.9. The van der Waals surface area contributed by atoms with E-state index in [4.69, 9.17) is 0 Å². The van der Waals surface area contributed by atoms with Crippen molar-refractivity contribution in [3.05, 3.63) is 119 Å². The van der Waals surface area contributed by atoms with Crippen molar-refractivity contribution in [1.82, 2.24) is 0 Å². The van der Waals surface area contributed by atoms with Crippen molar-refractivity contribution in [2.24, 2.45) is 0 Å². The molecule has 4 rings (SSSR count). The van der Waals surface area contributed by atoms with Gasteiger partial charge in [-0.25, -0.2) is 0 Å². The fourth-order valence-corrected chi connectivity index (χ4v) is 7.15. The highest BCUT2D eigenvalue weighted by Gasteiger charge is 2.32. The van der Waals surface area contributed by atoms with Crippen LogP contribution in [-0.2, 0) is 17.1 Å². The third-order valence-electron chi connectivity index (χ3n) is 7.93. The van der Waals surface area contributed by atoms with Crippen LogP contribution < -0.4 is 10.2 Å². The molecule has 0 radical (unpaired) electrons. The van der Waals surface area contributed by atoms with Gasteiger partial charge in [-0.05, 0) is 65.0 Å². The maximum Gasteiger partial charge on any atom is 0.122 e. The number of aryl methyl sites for hydroxylation is 1. The standard InChI is InChI=1S/C37H46NOP/c1-7-8-17-24-37(6,33-26-30(36(3,4)5)25-28(2)35(33)39)40-34-23-16-15-18-29(34)27-38(31-19-11-9-12-20-31)32-21-13-10-14-22-32/h9-16,18-23,25-26,39-40H,7-8,17,24,27H2,1-6H3. The molecule has 0 heterocycles. The highest BCUT2D eigenvalue weighted by atomic mass is 31.1. The summed E-state index contributed by atoms with van der Waals surface area (Å²) in [5.41, 5.74) is 7.08. The number of anilines is 2. The third kappa shape index (κ3) is 7.15. The SMILES string of the molecule is CCCCCC(C)(Pc1ccccc1CN(c1ccccc1)c1ccccc1)c1cc(C(C)(C)C)cc(C)c1O. The van der Waals surface area contributed by atoms with Gasteiger partial charge < -0.3 is 10.0 Å². The lowest BCUT2D eigenvalue weighted by atomic mass is 9.82. The van der Waals surface area contributed by atoms with Gasteiger partial charge in [-0.15, -0.1) is 0 Å². The van der Waals surface area contributed by atoms with E-state index in [2.05, 4.69) is 144 Å². The highest BCUT2D eigenvalue weighted by Crippen LogP contribution is 2.50. The van der Waals surface area contributed by atoms with E-state index >= 15 is 0 Å². The second kappa shape index (κ2) is 13.0. The van der Waals surface area contributed by atoms with E-state index in [0.717, 1.165) is 30.5 Å². The van der Waals surface area contributed by atoms with E-state index in [1.54, 1.807) is 0 Å². The van der Waals surface area contributed by atoms with Gasteiger partial charge in [0.25, 0.3) is 0 Å². The first-order chi connectivity index (χ1) is 19.1. The zero-order valence-electron chi connectivity index (χ0n) is 25.2. The number of phenolic OH excluding ortho intramolecular Hbond substituents is 1. The fourth-order valence-electron chi connectivity index (χ4n) is 5.42. The summed E-state index contributed by atoms with van der Waals surface area (Å²) < 4.78 is 0. The predicted octanol–water partition coefficient (Wildman–Crippen LogP) is 10.1. The van der Waals surface area contributed by atoms with Crippen LogP contribution in [0.3, 0.4) is 0 Å². The average Bonchev–Trinajstić information content (AvgIpc) is 2.94. The third-order valence-corrected chi connectivity index (χ3v) is 9.76. The molecule has 0 aromatic heterocycles. The number of phenols is 1. The number of hydrogen-bond acceptors (Lipinski definition) is 2. The first-order valence-electron chi connectivity index (χ1n) is 14.7. The van der Waals surface area contributed by atoms with Crippen LogP contribution in [0.2, 0.25) is 0 Å². The molecule has 0 aliphatic carbocycles. The summed E-state index contributed by atoms with van der Waals surface area (Å²) in [4.78, 5) is 2.40. The van der Waals surface area contributed by atoms with Gasteiger partial charge in [-0.3, -0.25) is 0 Å². The first-order valence-corrected chi connectivity index (χ1v) is 15.7. The van der Waals surface area contributed by atoms with Crippen LogP contribution >= 0.6 is 8.58 Å². The molecule has 40 heavy (non-hydrogen) atoms. The topological polar surface area (TPSA) is 23.5 Å². The summed E-state index contributed by atoms with van der Waals surface area (Å²) in [6.07, 6.45) is 4.60. The molecule has 3 heteroatoms. The van der Waals surface area contributed by atoms with Crippen molar-refractivity contribution in [2.75, 3.05) is 4.90 Å². The smallest absolute Gasteiger partial charge is 0.122 e. The Morgan fingerprint density at radius 2 is 1.32 bits per heavy atom. The number of para-hydroxylation sites is 2. The van der Waals surface area contributed by atoms with Crippen molar-refractivity contribution in [3.8, 4) is 5.75 Å². The Hall–Kier alpha value is -3.09. The maximum atomic E-state index is 11.5. The van der Waals surface area contributed by atoms with Gasteiger partial charge in [0.05, 0.1) is 0 Å². The van der Waals surface area contributed by atoms with Gasteiger partial charge in [0, 0.05) is 28.6 Å². The Kier molecular flexibility index (Phi) is 9.75. The number of hydrogen-bond donors (Lipinski definition) is 1. The van der Waals surface area contributed by atoms with Gasteiger partial charge in [-0.1, -0.05) is 135 Å². The van der Waals surface area contributed by atoms with Crippen molar-refractivity contribution in [2.45, 2.75) is 84.3 Å². The Morgan fingerprint density at radius 3 is 1.90 bits per heavy atom. The molecule has 4 aromatic rings. The molecule has 0 fully saturated rings.